The molecule has 0 unspecified atom stereocenters. The van der Waals surface area contributed by atoms with Crippen LogP contribution in [0.5, 0.6) is 5.75 Å². The molecule has 26 heavy (non-hydrogen) atoms. The molecule has 0 aromatic heterocycles. The number of hydrogen-bond acceptors (Lipinski definition) is 3. The number of methoxy groups -OCH3 is 1. The van der Waals surface area contributed by atoms with Crippen molar-refractivity contribution in [3.05, 3.63) is 84.9 Å². The Balaban J connectivity index is 1.75. The molecule has 0 bridgehead atoms. The number of anilines is 3. The lowest BCUT2D eigenvalue weighted by atomic mass is 10.1. The van der Waals surface area contributed by atoms with Gasteiger partial charge in [0.1, 0.15) is 5.75 Å². The smallest absolute Gasteiger partial charge is 0.119 e. The van der Waals surface area contributed by atoms with E-state index in [0.29, 0.717) is 0 Å². The Kier molecular flexibility index (Phi) is 3.61. The lowest BCUT2D eigenvalue weighted by Crippen LogP contribution is -2.14. The molecule has 4 aromatic carbocycles. The van der Waals surface area contributed by atoms with Gasteiger partial charge >= 0.3 is 0 Å². The van der Waals surface area contributed by atoms with E-state index in [1.54, 1.807) is 7.11 Å². The predicted molar refractivity (Wildman–Crippen MR) is 109 cm³/mol. The van der Waals surface area contributed by atoms with Crippen molar-refractivity contribution in [3.63, 3.8) is 0 Å². The maximum Gasteiger partial charge on any atom is 0.119 e. The van der Waals surface area contributed by atoms with Crippen LogP contribution in [-0.2, 0) is 0 Å². The van der Waals surface area contributed by atoms with E-state index in [4.69, 9.17) is 4.74 Å². The summed E-state index contributed by atoms with van der Waals surface area (Å²) in [6, 6.07) is 30.0. The van der Waals surface area contributed by atoms with Gasteiger partial charge in [0.2, 0.25) is 0 Å². The quantitative estimate of drug-likeness (QED) is 0.346. The summed E-state index contributed by atoms with van der Waals surface area (Å²) < 4.78 is 5.33. The second-order valence-corrected chi connectivity index (χ2v) is 7.35. The minimum absolute atomic E-state index is 0.868. The van der Waals surface area contributed by atoms with E-state index in [1.807, 2.05) is 23.9 Å². The highest BCUT2D eigenvalue weighted by molar-refractivity contribution is 7.99. The van der Waals surface area contributed by atoms with Gasteiger partial charge in [-0.2, -0.15) is 0 Å². The minimum Gasteiger partial charge on any atom is -0.497 e. The van der Waals surface area contributed by atoms with Gasteiger partial charge in [-0.05, 0) is 59.3 Å². The van der Waals surface area contributed by atoms with Crippen LogP contribution in [0.4, 0.5) is 17.1 Å². The molecule has 0 aliphatic carbocycles. The molecule has 0 N–H and O–H groups in total. The maximum atomic E-state index is 5.33. The van der Waals surface area contributed by atoms with Crippen LogP contribution < -0.4 is 9.64 Å². The fourth-order valence-electron chi connectivity index (χ4n) is 3.45. The van der Waals surface area contributed by atoms with E-state index < -0.39 is 0 Å². The SMILES string of the molecule is COc1ccc(N2c3ccccc3Sc3cc4ccccc4cc32)cc1. The zero-order chi connectivity index (χ0) is 17.5. The molecule has 0 atom stereocenters. The molecule has 1 aliphatic heterocycles. The van der Waals surface area contributed by atoms with Crippen LogP contribution >= 0.6 is 11.8 Å². The molecule has 0 spiro atoms. The van der Waals surface area contributed by atoms with Crippen molar-refractivity contribution in [3.8, 4) is 5.75 Å². The third-order valence-corrected chi connectivity index (χ3v) is 5.84. The molecular formula is C23H17NOS. The Hall–Kier alpha value is -2.91. The summed E-state index contributed by atoms with van der Waals surface area (Å²) in [4.78, 5) is 4.89. The molecule has 0 radical (unpaired) electrons. The molecule has 2 nitrogen and oxygen atoms in total. The van der Waals surface area contributed by atoms with Gasteiger partial charge in [-0.1, -0.05) is 48.2 Å². The Morgan fingerprint density at radius 1 is 0.692 bits per heavy atom. The van der Waals surface area contributed by atoms with Crippen LogP contribution in [0.2, 0.25) is 0 Å². The normalized spacial score (nSPS) is 12.6. The minimum atomic E-state index is 0.868. The number of ether oxygens (including phenoxy) is 1. The second kappa shape index (κ2) is 6.11. The van der Waals surface area contributed by atoms with Crippen molar-refractivity contribution >= 4 is 39.6 Å². The van der Waals surface area contributed by atoms with Crippen molar-refractivity contribution in [1.29, 1.82) is 0 Å². The van der Waals surface area contributed by atoms with Crippen LogP contribution in [0.25, 0.3) is 10.8 Å². The summed E-state index contributed by atoms with van der Waals surface area (Å²) in [5.41, 5.74) is 3.57. The van der Waals surface area contributed by atoms with E-state index >= 15 is 0 Å². The Morgan fingerprint density at radius 2 is 1.38 bits per heavy atom. The summed E-state index contributed by atoms with van der Waals surface area (Å²) >= 11 is 1.84. The summed E-state index contributed by atoms with van der Waals surface area (Å²) in [5.74, 6) is 0.868. The third-order valence-electron chi connectivity index (χ3n) is 4.72. The highest BCUT2D eigenvalue weighted by Crippen LogP contribution is 2.52. The van der Waals surface area contributed by atoms with Crippen molar-refractivity contribution in [2.45, 2.75) is 9.79 Å². The molecule has 3 heteroatoms. The Bertz CT molecular complexity index is 1100. The van der Waals surface area contributed by atoms with Gasteiger partial charge < -0.3 is 9.64 Å². The number of nitrogens with zero attached hydrogens (tertiary/aromatic N) is 1. The van der Waals surface area contributed by atoms with Crippen LogP contribution in [0.3, 0.4) is 0 Å². The van der Waals surface area contributed by atoms with Gasteiger partial charge in [0.25, 0.3) is 0 Å². The lowest BCUT2D eigenvalue weighted by molar-refractivity contribution is 0.415. The highest BCUT2D eigenvalue weighted by Gasteiger charge is 2.25. The van der Waals surface area contributed by atoms with Gasteiger partial charge in [0.05, 0.1) is 18.5 Å². The average Bonchev–Trinajstić information content (AvgIpc) is 2.70. The molecule has 0 saturated carbocycles. The van der Waals surface area contributed by atoms with Gasteiger partial charge in [-0.25, -0.2) is 0 Å². The fourth-order valence-corrected chi connectivity index (χ4v) is 4.54. The van der Waals surface area contributed by atoms with Gasteiger partial charge in [0.15, 0.2) is 0 Å². The topological polar surface area (TPSA) is 12.5 Å². The first kappa shape index (κ1) is 15.4. The molecule has 0 saturated heterocycles. The molecule has 1 heterocycles. The zero-order valence-electron chi connectivity index (χ0n) is 14.3. The van der Waals surface area contributed by atoms with Crippen LogP contribution in [0.1, 0.15) is 0 Å². The summed E-state index contributed by atoms with van der Waals surface area (Å²) in [6.07, 6.45) is 0. The number of hydrogen-bond donors (Lipinski definition) is 0. The number of fused-ring (bicyclic) bond motifs is 3. The highest BCUT2D eigenvalue weighted by atomic mass is 32.2. The lowest BCUT2D eigenvalue weighted by Gasteiger charge is -2.33. The number of para-hydroxylation sites is 1. The maximum absolute atomic E-state index is 5.33. The Labute approximate surface area is 157 Å². The first-order valence-electron chi connectivity index (χ1n) is 8.57. The first-order chi connectivity index (χ1) is 12.8. The molecule has 4 aromatic rings. The molecular weight excluding hydrogens is 338 g/mol. The molecule has 126 valence electrons. The number of rotatable bonds is 2. The molecule has 5 rings (SSSR count). The summed E-state index contributed by atoms with van der Waals surface area (Å²) in [5, 5.41) is 2.53. The van der Waals surface area contributed by atoms with Gasteiger partial charge in [-0.3, -0.25) is 0 Å². The van der Waals surface area contributed by atoms with Crippen LogP contribution in [0.15, 0.2) is 94.7 Å². The predicted octanol–water partition coefficient (Wildman–Crippen LogP) is 6.78. The Morgan fingerprint density at radius 3 is 2.15 bits per heavy atom. The average molecular weight is 355 g/mol. The second-order valence-electron chi connectivity index (χ2n) is 6.27. The number of benzene rings is 4. The standard InChI is InChI=1S/C23H17NOS/c1-25-19-12-10-18(11-13-19)24-20-8-4-5-9-22(20)26-23-15-17-7-3-2-6-16(17)14-21(23)24/h2-15H,1H3. The van der Waals surface area contributed by atoms with E-state index in [1.165, 1.54) is 31.9 Å². The van der Waals surface area contributed by atoms with Crippen LogP contribution in [0, 0.1) is 0 Å². The zero-order valence-corrected chi connectivity index (χ0v) is 15.2. The monoisotopic (exact) mass is 355 g/mol. The van der Waals surface area contributed by atoms with Crippen LogP contribution in [-0.4, -0.2) is 7.11 Å². The van der Waals surface area contributed by atoms with E-state index in [2.05, 4.69) is 77.7 Å². The van der Waals surface area contributed by atoms with Gasteiger partial charge in [-0.15, -0.1) is 0 Å². The van der Waals surface area contributed by atoms with Crippen molar-refractivity contribution in [2.75, 3.05) is 12.0 Å². The van der Waals surface area contributed by atoms with Gasteiger partial charge in [0, 0.05) is 15.5 Å². The fraction of sp³-hybridized carbons (Fsp3) is 0.0435. The molecule has 1 aliphatic rings. The summed E-state index contributed by atoms with van der Waals surface area (Å²) in [7, 11) is 1.70. The van der Waals surface area contributed by atoms with Crippen molar-refractivity contribution < 1.29 is 4.74 Å². The van der Waals surface area contributed by atoms with E-state index in [9.17, 15) is 0 Å². The molecule has 0 fully saturated rings. The van der Waals surface area contributed by atoms with E-state index in [-0.39, 0.29) is 0 Å². The first-order valence-corrected chi connectivity index (χ1v) is 9.39. The van der Waals surface area contributed by atoms with Crippen molar-refractivity contribution in [2.24, 2.45) is 0 Å². The molecule has 0 amide bonds. The largest absolute Gasteiger partial charge is 0.497 e. The summed E-state index contributed by atoms with van der Waals surface area (Å²) in [6.45, 7) is 0. The third kappa shape index (κ3) is 2.44. The van der Waals surface area contributed by atoms with E-state index in [0.717, 1.165) is 11.4 Å². The van der Waals surface area contributed by atoms with Crippen molar-refractivity contribution in [1.82, 2.24) is 0 Å².